The van der Waals surface area contributed by atoms with Crippen molar-refractivity contribution in [2.75, 3.05) is 23.7 Å². The highest BCUT2D eigenvalue weighted by Gasteiger charge is 2.26. The number of fused-ring (bicyclic) bond motifs is 1. The number of rotatable bonds is 9. The minimum Gasteiger partial charge on any atom is -0.488 e. The number of hydrogen-bond acceptors (Lipinski definition) is 9. The predicted molar refractivity (Wildman–Crippen MR) is 158 cm³/mol. The van der Waals surface area contributed by atoms with E-state index in [2.05, 4.69) is 31.3 Å². The zero-order valence-corrected chi connectivity index (χ0v) is 25.6. The van der Waals surface area contributed by atoms with Crippen molar-refractivity contribution in [1.29, 1.82) is 0 Å². The number of nitrogens with two attached hydrogens (primary N) is 1. The fourth-order valence-electron chi connectivity index (χ4n) is 3.58. The Kier molecular flexibility index (Phi) is 7.66. The SMILES string of the molecule is [2H]C([2H])([2H])C([2H])([2H])N(Cc1c(O[C@@H](C)CNC(=O)OC(C)(C)C)ccc(F)c1Br)c1ccn2nc(N)c(C(=O)OC(C)(C)C)c2n1. The molecule has 1 aromatic carbocycles. The van der Waals surface area contributed by atoms with Gasteiger partial charge in [0.15, 0.2) is 11.5 Å². The molecule has 1 amide bonds. The maximum absolute atomic E-state index is 14.9. The van der Waals surface area contributed by atoms with Crippen LogP contribution in [0.25, 0.3) is 5.65 Å². The molecule has 0 saturated heterocycles. The van der Waals surface area contributed by atoms with Gasteiger partial charge >= 0.3 is 12.1 Å². The van der Waals surface area contributed by atoms with E-state index >= 15 is 0 Å². The number of halogens is 2. The summed E-state index contributed by atoms with van der Waals surface area (Å²) in [5, 5.41) is 6.65. The van der Waals surface area contributed by atoms with Crippen molar-refractivity contribution in [3.63, 3.8) is 0 Å². The van der Waals surface area contributed by atoms with Crippen LogP contribution in [0.5, 0.6) is 5.75 Å². The summed E-state index contributed by atoms with van der Waals surface area (Å²) in [5.74, 6) is -1.94. The van der Waals surface area contributed by atoms with E-state index in [0.717, 1.165) is 11.0 Å². The molecule has 0 bridgehead atoms. The summed E-state index contributed by atoms with van der Waals surface area (Å²) >= 11 is 3.19. The van der Waals surface area contributed by atoms with E-state index in [4.69, 9.17) is 26.8 Å². The van der Waals surface area contributed by atoms with Gasteiger partial charge in [0.1, 0.15) is 40.3 Å². The molecule has 0 aliphatic rings. The Morgan fingerprint density at radius 3 is 2.54 bits per heavy atom. The number of nitrogens with zero attached hydrogens (tertiary/aromatic N) is 4. The molecule has 0 fully saturated rings. The molecular formula is C28H38BrFN6O5. The molecule has 13 heteroatoms. The Balaban J connectivity index is 2.08. The van der Waals surface area contributed by atoms with Gasteiger partial charge < -0.3 is 30.2 Å². The third-order valence-corrected chi connectivity index (χ3v) is 6.10. The van der Waals surface area contributed by atoms with E-state index in [9.17, 15) is 14.0 Å². The van der Waals surface area contributed by atoms with Gasteiger partial charge in [0.05, 0.1) is 11.0 Å². The largest absolute Gasteiger partial charge is 0.488 e. The number of benzene rings is 1. The third-order valence-electron chi connectivity index (χ3n) is 5.24. The van der Waals surface area contributed by atoms with Gasteiger partial charge in [-0.3, -0.25) is 0 Å². The zero-order chi connectivity index (χ0) is 35.0. The Morgan fingerprint density at radius 1 is 1.22 bits per heavy atom. The molecule has 0 aliphatic carbocycles. The fourth-order valence-corrected chi connectivity index (χ4v) is 4.03. The highest BCUT2D eigenvalue weighted by Crippen LogP contribution is 2.33. The highest BCUT2D eigenvalue weighted by molar-refractivity contribution is 9.10. The van der Waals surface area contributed by atoms with E-state index in [-0.39, 0.29) is 45.2 Å². The number of esters is 1. The Hall–Kier alpha value is -3.61. The zero-order valence-electron chi connectivity index (χ0n) is 29.0. The summed E-state index contributed by atoms with van der Waals surface area (Å²) in [5.41, 5.74) is 4.12. The lowest BCUT2D eigenvalue weighted by atomic mass is 10.1. The first-order chi connectivity index (χ1) is 20.9. The summed E-state index contributed by atoms with van der Waals surface area (Å²) in [6, 6.07) is 3.70. The Bertz CT molecular complexity index is 1610. The highest BCUT2D eigenvalue weighted by atomic mass is 79.9. The van der Waals surface area contributed by atoms with Crippen molar-refractivity contribution in [2.24, 2.45) is 0 Å². The van der Waals surface area contributed by atoms with Gasteiger partial charge in [-0.1, -0.05) is 0 Å². The van der Waals surface area contributed by atoms with Crippen molar-refractivity contribution in [2.45, 2.75) is 79.2 Å². The van der Waals surface area contributed by atoms with Crippen LogP contribution in [0.15, 0.2) is 28.9 Å². The van der Waals surface area contributed by atoms with E-state index < -0.39 is 55.1 Å². The summed E-state index contributed by atoms with van der Waals surface area (Å²) in [6.07, 6.45) is -0.0299. The number of nitrogen functional groups attached to an aromatic ring is 1. The minimum absolute atomic E-state index is 0.00252. The summed E-state index contributed by atoms with van der Waals surface area (Å²) < 4.78 is 73.9. The molecule has 1 atom stereocenters. The lowest BCUT2D eigenvalue weighted by Crippen LogP contribution is -2.37. The van der Waals surface area contributed by atoms with Crippen LogP contribution in [0, 0.1) is 5.82 Å². The summed E-state index contributed by atoms with van der Waals surface area (Å²) in [7, 11) is 0. The van der Waals surface area contributed by atoms with Gasteiger partial charge in [-0.05, 0) is 89.4 Å². The molecule has 11 nitrogen and oxygen atoms in total. The molecule has 0 saturated carbocycles. The second-order valence-electron chi connectivity index (χ2n) is 11.2. The fraction of sp³-hybridized carbons (Fsp3) is 0.500. The minimum atomic E-state index is -3.22. The molecule has 0 radical (unpaired) electrons. The van der Waals surface area contributed by atoms with Gasteiger partial charge in [-0.2, -0.15) is 0 Å². The molecule has 3 rings (SSSR count). The summed E-state index contributed by atoms with van der Waals surface area (Å²) in [4.78, 5) is 30.3. The Morgan fingerprint density at radius 2 is 1.90 bits per heavy atom. The molecular weight excluding hydrogens is 599 g/mol. The monoisotopic (exact) mass is 641 g/mol. The molecule has 0 unspecified atom stereocenters. The quantitative estimate of drug-likeness (QED) is 0.291. The van der Waals surface area contributed by atoms with Crippen molar-refractivity contribution in [1.82, 2.24) is 19.9 Å². The predicted octanol–water partition coefficient (Wildman–Crippen LogP) is 5.49. The average Bonchev–Trinajstić information content (AvgIpc) is 3.21. The maximum atomic E-state index is 14.9. The number of carbonyl (C=O) groups is 2. The van der Waals surface area contributed by atoms with Crippen LogP contribution in [0.4, 0.5) is 20.8 Å². The first-order valence-corrected chi connectivity index (χ1v) is 13.5. The maximum Gasteiger partial charge on any atom is 0.407 e. The number of aromatic nitrogens is 3. The topological polar surface area (TPSA) is 133 Å². The number of anilines is 2. The standard InChI is InChI=1S/C28H38BrFN6O5/c1-9-35(20-12-13-36-24(33-20)21(23(31)34-36)25(37)40-27(3,4)5)15-17-19(11-10-18(30)22(17)29)39-16(2)14-32-26(38)41-28(6,7)8/h10-13,16H,9,14-15H2,1-8H3,(H2,31,34)(H,32,38)/t16-/m0/s1/i1D3,9D2. The van der Waals surface area contributed by atoms with E-state index in [1.807, 2.05) is 0 Å². The van der Waals surface area contributed by atoms with Crippen LogP contribution in [-0.2, 0) is 16.0 Å². The number of amides is 1. The van der Waals surface area contributed by atoms with Gasteiger partial charge in [-0.25, -0.2) is 23.5 Å². The van der Waals surface area contributed by atoms with E-state index in [0.29, 0.717) is 0 Å². The normalized spacial score (nSPS) is 15.1. The second-order valence-corrected chi connectivity index (χ2v) is 12.0. The molecule has 41 heavy (non-hydrogen) atoms. The Labute approximate surface area is 254 Å². The molecule has 0 aliphatic heterocycles. The molecule has 2 heterocycles. The second kappa shape index (κ2) is 12.5. The van der Waals surface area contributed by atoms with Crippen molar-refractivity contribution in [3.8, 4) is 5.75 Å². The van der Waals surface area contributed by atoms with Gasteiger partial charge in [0.25, 0.3) is 0 Å². The smallest absolute Gasteiger partial charge is 0.407 e. The number of alkyl carbamates (subject to hydrolysis) is 1. The number of nitrogens with one attached hydrogen (secondary N) is 1. The number of ether oxygens (including phenoxy) is 3. The third kappa shape index (κ3) is 8.44. The molecule has 0 spiro atoms. The van der Waals surface area contributed by atoms with Gasteiger partial charge in [-0.15, -0.1) is 5.10 Å². The van der Waals surface area contributed by atoms with E-state index in [1.165, 1.54) is 22.8 Å². The molecule has 2 aromatic heterocycles. The average molecular weight is 643 g/mol. The lowest BCUT2D eigenvalue weighted by molar-refractivity contribution is 0.00724. The molecule has 3 N–H and O–H groups in total. The first kappa shape index (κ1) is 25.1. The summed E-state index contributed by atoms with van der Waals surface area (Å²) in [6.45, 7) is 4.87. The van der Waals surface area contributed by atoms with Crippen LogP contribution in [-0.4, -0.2) is 57.0 Å². The van der Waals surface area contributed by atoms with E-state index in [1.54, 1.807) is 48.5 Å². The molecule has 3 aromatic rings. The first-order valence-electron chi connectivity index (χ1n) is 15.2. The van der Waals surface area contributed by atoms with Crippen LogP contribution < -0.4 is 20.7 Å². The van der Waals surface area contributed by atoms with Crippen LogP contribution in [0.1, 0.15) is 78.1 Å². The van der Waals surface area contributed by atoms with Gasteiger partial charge in [0, 0.05) is 31.7 Å². The van der Waals surface area contributed by atoms with Crippen LogP contribution in [0.3, 0.4) is 0 Å². The van der Waals surface area contributed by atoms with Crippen LogP contribution in [0.2, 0.25) is 0 Å². The van der Waals surface area contributed by atoms with Crippen LogP contribution >= 0.6 is 15.9 Å². The number of hydrogen-bond donors (Lipinski definition) is 2. The van der Waals surface area contributed by atoms with Crippen molar-refractivity contribution < 1.29 is 35.0 Å². The molecule has 224 valence electrons. The van der Waals surface area contributed by atoms with Crippen molar-refractivity contribution >= 4 is 45.3 Å². The van der Waals surface area contributed by atoms with Gasteiger partial charge in [0.2, 0.25) is 0 Å². The lowest BCUT2D eigenvalue weighted by Gasteiger charge is -2.26. The number of carbonyl (C=O) groups excluding carboxylic acids is 2. The van der Waals surface area contributed by atoms with Crippen molar-refractivity contribution in [3.05, 3.63) is 45.8 Å².